The molecule has 0 N–H and O–H groups in total. The van der Waals surface area contributed by atoms with Gasteiger partial charge in [-0.3, -0.25) is 9.69 Å². The predicted octanol–water partition coefficient (Wildman–Crippen LogP) is 4.29. The maximum absolute atomic E-state index is 12.8. The number of anilines is 1. The van der Waals surface area contributed by atoms with Crippen molar-refractivity contribution in [2.24, 2.45) is 0 Å². The van der Waals surface area contributed by atoms with E-state index >= 15 is 0 Å². The van der Waals surface area contributed by atoms with Crippen LogP contribution in [0.4, 0.5) is 10.5 Å². The van der Waals surface area contributed by atoms with E-state index in [2.05, 4.69) is 41.0 Å². The van der Waals surface area contributed by atoms with Crippen LogP contribution in [0.5, 0.6) is 0 Å². The first-order chi connectivity index (χ1) is 15.3. The molecule has 3 heterocycles. The zero-order valence-corrected chi connectivity index (χ0v) is 19.9. The fraction of sp³-hybridized carbons (Fsp3) is 0.542. The van der Waals surface area contributed by atoms with Crippen LogP contribution in [0.1, 0.15) is 55.6 Å². The van der Waals surface area contributed by atoms with Crippen LogP contribution in [-0.4, -0.2) is 70.2 Å². The van der Waals surface area contributed by atoms with Gasteiger partial charge in [0.05, 0.1) is 10.7 Å². The summed E-state index contributed by atoms with van der Waals surface area (Å²) in [5.74, 6) is -0.139. The monoisotopic (exact) mass is 457 g/mol. The molecule has 0 spiro atoms. The molecule has 2 saturated heterocycles. The number of ketones is 1. The van der Waals surface area contributed by atoms with E-state index in [-0.39, 0.29) is 17.4 Å². The Kier molecular flexibility index (Phi) is 6.58. The summed E-state index contributed by atoms with van der Waals surface area (Å²) in [5, 5.41) is 4.93. The van der Waals surface area contributed by atoms with Crippen molar-refractivity contribution in [2.45, 2.75) is 51.6 Å². The maximum Gasteiger partial charge on any atom is 0.344 e. The molecule has 0 bridgehead atoms. The summed E-state index contributed by atoms with van der Waals surface area (Å²) in [6.45, 7) is 8.03. The van der Waals surface area contributed by atoms with Crippen molar-refractivity contribution in [2.75, 3.05) is 38.1 Å². The molecule has 8 heteroatoms. The lowest BCUT2D eigenvalue weighted by Gasteiger charge is -2.45. The highest BCUT2D eigenvalue weighted by atomic mass is 35.5. The van der Waals surface area contributed by atoms with Crippen molar-refractivity contribution in [1.29, 1.82) is 0 Å². The zero-order valence-electron chi connectivity index (χ0n) is 19.2. The molecule has 0 radical (unpaired) electrons. The minimum Gasteiger partial charge on any atom is -0.370 e. The Hall–Kier alpha value is -2.38. The number of benzene rings is 1. The Labute approximate surface area is 194 Å². The number of hydrogen-bond acceptors (Lipinski definition) is 5. The van der Waals surface area contributed by atoms with E-state index in [0.717, 1.165) is 43.2 Å². The summed E-state index contributed by atoms with van der Waals surface area (Å²) >= 11 is 6.49. The summed E-state index contributed by atoms with van der Waals surface area (Å²) in [6.07, 6.45) is 5.77. The lowest BCUT2D eigenvalue weighted by atomic mass is 9.87. The number of hydrogen-bond donors (Lipinski definition) is 0. The van der Waals surface area contributed by atoms with Crippen molar-refractivity contribution in [3.8, 4) is 0 Å². The van der Waals surface area contributed by atoms with E-state index in [9.17, 15) is 9.59 Å². The molecule has 2 aromatic rings. The number of rotatable bonds is 5. The quantitative estimate of drug-likeness (QED) is 0.626. The Bertz CT molecular complexity index is 990. The number of aromatic nitrogens is 2. The summed E-state index contributed by atoms with van der Waals surface area (Å²) < 4.78 is 1.27. The molecule has 2 aliphatic rings. The van der Waals surface area contributed by atoms with Crippen molar-refractivity contribution < 1.29 is 9.59 Å². The number of Topliss-reactive ketones (excluding diaryl/α,β-unsaturated/α-hetero) is 1. The third-order valence-corrected chi connectivity index (χ3v) is 7.38. The molecule has 4 rings (SSSR count). The molecule has 1 amide bonds. The van der Waals surface area contributed by atoms with E-state index < -0.39 is 0 Å². The van der Waals surface area contributed by atoms with E-state index in [4.69, 9.17) is 11.6 Å². The van der Waals surface area contributed by atoms with Gasteiger partial charge in [-0.15, -0.1) is 0 Å². The number of carbonyl (C=O) groups excluding carboxylic acids is 2. The average molecular weight is 458 g/mol. The standard InChI is InChI=1S/C24H32ClN5O2/c1-18(31)21-8-13-30(26-21)23(32)29-14-9-24(2,10-15-29)27(3)17-19-6-7-20(25)22(16-19)28-11-4-5-12-28/h6-8,13,16H,4-5,9-12,14-15,17H2,1-3H3. The molecule has 2 fully saturated rings. The largest absolute Gasteiger partial charge is 0.370 e. The average Bonchev–Trinajstić information content (AvgIpc) is 3.47. The van der Waals surface area contributed by atoms with Crippen molar-refractivity contribution >= 4 is 29.1 Å². The van der Waals surface area contributed by atoms with Crippen LogP contribution in [0.25, 0.3) is 0 Å². The number of nitrogens with zero attached hydrogens (tertiary/aromatic N) is 5. The van der Waals surface area contributed by atoms with Gasteiger partial charge in [-0.2, -0.15) is 9.78 Å². The van der Waals surface area contributed by atoms with Crippen molar-refractivity contribution in [3.63, 3.8) is 0 Å². The van der Waals surface area contributed by atoms with Gasteiger partial charge in [0, 0.05) is 51.4 Å². The third kappa shape index (κ3) is 4.69. The molecular weight excluding hydrogens is 426 g/mol. The molecule has 32 heavy (non-hydrogen) atoms. The maximum atomic E-state index is 12.8. The highest BCUT2D eigenvalue weighted by Crippen LogP contribution is 2.33. The number of piperidine rings is 1. The zero-order chi connectivity index (χ0) is 22.9. The third-order valence-electron chi connectivity index (χ3n) is 7.06. The number of carbonyl (C=O) groups is 2. The number of likely N-dealkylation sites (tertiary alicyclic amines) is 1. The highest BCUT2D eigenvalue weighted by molar-refractivity contribution is 6.33. The minimum absolute atomic E-state index is 0.00111. The predicted molar refractivity (Wildman–Crippen MR) is 127 cm³/mol. The Morgan fingerprint density at radius 1 is 1.12 bits per heavy atom. The molecule has 0 atom stereocenters. The van der Waals surface area contributed by atoms with Gasteiger partial charge in [-0.1, -0.05) is 17.7 Å². The van der Waals surface area contributed by atoms with Crippen LogP contribution < -0.4 is 4.90 Å². The van der Waals surface area contributed by atoms with Gasteiger partial charge in [-0.05, 0) is 63.4 Å². The summed E-state index contributed by atoms with van der Waals surface area (Å²) in [7, 11) is 2.16. The van der Waals surface area contributed by atoms with Gasteiger partial charge in [0.15, 0.2) is 5.78 Å². The molecule has 1 aromatic carbocycles. The Balaban J connectivity index is 1.38. The SMILES string of the molecule is CC(=O)c1ccn(C(=O)N2CCC(C)(N(C)Cc3ccc(Cl)c(N4CCCC4)c3)CC2)n1. The van der Waals surface area contributed by atoms with Crippen LogP contribution in [-0.2, 0) is 6.54 Å². The minimum atomic E-state index is -0.171. The van der Waals surface area contributed by atoms with E-state index in [1.165, 1.54) is 30.0 Å². The highest BCUT2D eigenvalue weighted by Gasteiger charge is 2.35. The normalized spacial score (nSPS) is 18.4. The second-order valence-corrected chi connectivity index (χ2v) is 9.71. The smallest absolute Gasteiger partial charge is 0.344 e. The molecule has 172 valence electrons. The number of amides is 1. The molecule has 0 unspecified atom stereocenters. The van der Waals surface area contributed by atoms with E-state index in [1.807, 2.05) is 11.0 Å². The van der Waals surface area contributed by atoms with Gasteiger partial charge in [-0.25, -0.2) is 4.79 Å². The Morgan fingerprint density at radius 3 is 2.44 bits per heavy atom. The summed E-state index contributed by atoms with van der Waals surface area (Å²) in [5.41, 5.74) is 2.71. The van der Waals surface area contributed by atoms with Gasteiger partial charge in [0.2, 0.25) is 0 Å². The fourth-order valence-electron chi connectivity index (χ4n) is 4.65. The molecule has 2 aliphatic heterocycles. The first kappa shape index (κ1) is 22.8. The number of halogens is 1. The molecule has 1 aromatic heterocycles. The van der Waals surface area contributed by atoms with Gasteiger partial charge >= 0.3 is 6.03 Å². The second-order valence-electron chi connectivity index (χ2n) is 9.30. The van der Waals surface area contributed by atoms with Crippen LogP contribution in [0, 0.1) is 0 Å². The summed E-state index contributed by atoms with van der Waals surface area (Å²) in [6, 6.07) is 7.78. The second kappa shape index (κ2) is 9.24. The van der Waals surface area contributed by atoms with Gasteiger partial charge in [0.1, 0.15) is 5.69 Å². The lowest BCUT2D eigenvalue weighted by Crippen LogP contribution is -2.53. The van der Waals surface area contributed by atoms with Crippen LogP contribution in [0.15, 0.2) is 30.5 Å². The molecule has 0 saturated carbocycles. The summed E-state index contributed by atoms with van der Waals surface area (Å²) in [4.78, 5) is 30.8. The fourth-order valence-corrected chi connectivity index (χ4v) is 4.88. The van der Waals surface area contributed by atoms with Gasteiger partial charge < -0.3 is 9.80 Å². The first-order valence-corrected chi connectivity index (χ1v) is 11.8. The van der Waals surface area contributed by atoms with Crippen molar-refractivity contribution in [1.82, 2.24) is 19.6 Å². The van der Waals surface area contributed by atoms with E-state index in [0.29, 0.717) is 18.8 Å². The first-order valence-electron chi connectivity index (χ1n) is 11.4. The molecular formula is C24H32ClN5O2. The van der Waals surface area contributed by atoms with Crippen LogP contribution >= 0.6 is 11.6 Å². The lowest BCUT2D eigenvalue weighted by molar-refractivity contribution is 0.0585. The van der Waals surface area contributed by atoms with E-state index in [1.54, 1.807) is 12.3 Å². The van der Waals surface area contributed by atoms with Crippen molar-refractivity contribution in [3.05, 3.63) is 46.7 Å². The Morgan fingerprint density at radius 2 is 1.81 bits per heavy atom. The topological polar surface area (TPSA) is 61.7 Å². The van der Waals surface area contributed by atoms with Crippen LogP contribution in [0.3, 0.4) is 0 Å². The molecule has 0 aliphatic carbocycles. The van der Waals surface area contributed by atoms with Crippen LogP contribution in [0.2, 0.25) is 5.02 Å². The molecule has 7 nitrogen and oxygen atoms in total. The van der Waals surface area contributed by atoms with Gasteiger partial charge in [0.25, 0.3) is 0 Å².